The monoisotopic (exact) mass is 450 g/mol. The molecule has 1 fully saturated rings. The van der Waals surface area contributed by atoms with Gasteiger partial charge in [0.15, 0.2) is 8.32 Å². The van der Waals surface area contributed by atoms with E-state index in [4.69, 9.17) is 9.16 Å². The van der Waals surface area contributed by atoms with E-state index in [1.807, 2.05) is 10.9 Å². The minimum Gasteiger partial charge on any atom is -0.403 e. The summed E-state index contributed by atoms with van der Waals surface area (Å²) in [4.78, 5) is 0. The maximum Gasteiger partial charge on any atom is 0.185 e. The lowest BCUT2D eigenvalue weighted by atomic mass is 9.79. The Hall–Kier alpha value is -2.32. The molecule has 7 heteroatoms. The topological polar surface area (TPSA) is 61.2 Å². The quantitative estimate of drug-likeness (QED) is 0.492. The zero-order chi connectivity index (χ0) is 22.6. The first-order valence-electron chi connectivity index (χ1n) is 11.5. The van der Waals surface area contributed by atoms with E-state index in [-0.39, 0.29) is 12.1 Å². The summed E-state index contributed by atoms with van der Waals surface area (Å²) in [6.07, 6.45) is 2.89. The first-order valence-corrected chi connectivity index (χ1v) is 14.9. The molecule has 0 aliphatic carbocycles. The van der Waals surface area contributed by atoms with Crippen molar-refractivity contribution in [2.45, 2.75) is 63.9 Å². The molecular weight excluding hydrogens is 416 g/mol. The molecule has 0 bridgehead atoms. The molecule has 1 aliphatic rings. The first-order chi connectivity index (χ1) is 15.4. The van der Waals surface area contributed by atoms with Crippen molar-refractivity contribution < 1.29 is 9.16 Å². The van der Waals surface area contributed by atoms with Crippen LogP contribution in [-0.4, -0.2) is 42.0 Å². The Morgan fingerprint density at radius 2 is 1.66 bits per heavy atom. The highest BCUT2D eigenvalue weighted by Crippen LogP contribution is 2.42. The zero-order valence-electron chi connectivity index (χ0n) is 19.5. The second-order valence-corrected chi connectivity index (χ2v) is 13.8. The standard InChI is InChI=1S/C25H34N4O2Si/c1-5-29-18-22(27-28-29)19-30-23-16-24(26-17-23)25(31-32(2,3)4,20-12-8-6-9-13-20)21-14-10-7-11-15-21/h6-15,18,23-24,26H,5,16-17,19H2,1-4H3. The summed E-state index contributed by atoms with van der Waals surface area (Å²) < 4.78 is 15.2. The minimum absolute atomic E-state index is 0.0869. The van der Waals surface area contributed by atoms with Crippen molar-refractivity contribution >= 4 is 8.32 Å². The summed E-state index contributed by atoms with van der Waals surface area (Å²) in [5.74, 6) is 0. The maximum absolute atomic E-state index is 7.11. The highest BCUT2D eigenvalue weighted by Gasteiger charge is 2.48. The zero-order valence-corrected chi connectivity index (χ0v) is 20.5. The lowest BCUT2D eigenvalue weighted by molar-refractivity contribution is 0.0314. The van der Waals surface area contributed by atoms with E-state index in [1.54, 1.807) is 0 Å². The number of rotatable bonds is 9. The number of aryl methyl sites for hydroxylation is 1. The lowest BCUT2D eigenvalue weighted by Gasteiger charge is -2.44. The van der Waals surface area contributed by atoms with E-state index < -0.39 is 13.9 Å². The van der Waals surface area contributed by atoms with Gasteiger partial charge in [-0.25, -0.2) is 0 Å². The Kier molecular flexibility index (Phi) is 6.90. The van der Waals surface area contributed by atoms with Gasteiger partial charge in [-0.1, -0.05) is 65.9 Å². The predicted octanol–water partition coefficient (Wildman–Crippen LogP) is 4.34. The van der Waals surface area contributed by atoms with E-state index in [1.165, 1.54) is 11.1 Å². The second kappa shape index (κ2) is 9.66. The number of nitrogens with one attached hydrogen (secondary N) is 1. The molecule has 4 rings (SSSR count). The van der Waals surface area contributed by atoms with Crippen molar-refractivity contribution in [3.05, 3.63) is 83.7 Å². The number of ether oxygens (including phenoxy) is 1. The normalized spacial score (nSPS) is 19.4. The summed E-state index contributed by atoms with van der Waals surface area (Å²) >= 11 is 0. The fourth-order valence-corrected chi connectivity index (χ4v) is 5.86. The smallest absolute Gasteiger partial charge is 0.185 e. The van der Waals surface area contributed by atoms with Gasteiger partial charge in [0.05, 0.1) is 18.9 Å². The molecule has 6 nitrogen and oxygen atoms in total. The van der Waals surface area contributed by atoms with Gasteiger partial charge >= 0.3 is 0 Å². The molecule has 2 heterocycles. The predicted molar refractivity (Wildman–Crippen MR) is 129 cm³/mol. The van der Waals surface area contributed by atoms with Crippen molar-refractivity contribution in [2.75, 3.05) is 6.54 Å². The molecule has 1 aliphatic heterocycles. The summed E-state index contributed by atoms with van der Waals surface area (Å²) in [5.41, 5.74) is 2.65. The minimum atomic E-state index is -1.92. The van der Waals surface area contributed by atoms with Crippen molar-refractivity contribution in [3.8, 4) is 0 Å². The number of hydrogen-bond acceptors (Lipinski definition) is 5. The van der Waals surface area contributed by atoms with Gasteiger partial charge in [-0.15, -0.1) is 5.10 Å². The van der Waals surface area contributed by atoms with E-state index >= 15 is 0 Å². The first kappa shape index (κ1) is 22.9. The van der Waals surface area contributed by atoms with Crippen LogP contribution < -0.4 is 5.32 Å². The SMILES string of the molecule is CCn1cc(COC2CNC(C(O[Si](C)(C)C)(c3ccccc3)c3ccccc3)C2)nn1. The molecule has 0 amide bonds. The van der Waals surface area contributed by atoms with Gasteiger partial charge in [-0.2, -0.15) is 0 Å². The van der Waals surface area contributed by atoms with Gasteiger partial charge in [0, 0.05) is 19.1 Å². The van der Waals surface area contributed by atoms with Gasteiger partial charge in [0.1, 0.15) is 11.3 Å². The average molecular weight is 451 g/mol. The van der Waals surface area contributed by atoms with Gasteiger partial charge in [-0.3, -0.25) is 4.68 Å². The van der Waals surface area contributed by atoms with Crippen LogP contribution in [-0.2, 0) is 27.9 Å². The molecular formula is C25H34N4O2Si. The Morgan fingerprint density at radius 3 is 2.19 bits per heavy atom. The van der Waals surface area contributed by atoms with Gasteiger partial charge in [0.2, 0.25) is 0 Å². The van der Waals surface area contributed by atoms with Gasteiger partial charge < -0.3 is 14.5 Å². The van der Waals surface area contributed by atoms with Crippen LogP contribution >= 0.6 is 0 Å². The Labute approximate surface area is 192 Å². The van der Waals surface area contributed by atoms with E-state index in [2.05, 4.69) is 103 Å². The van der Waals surface area contributed by atoms with Crippen molar-refractivity contribution in [3.63, 3.8) is 0 Å². The van der Waals surface area contributed by atoms with Crippen LogP contribution in [0.15, 0.2) is 66.9 Å². The van der Waals surface area contributed by atoms with Crippen molar-refractivity contribution in [1.29, 1.82) is 0 Å². The van der Waals surface area contributed by atoms with E-state index in [9.17, 15) is 0 Å². The molecule has 0 spiro atoms. The molecule has 0 radical (unpaired) electrons. The van der Waals surface area contributed by atoms with Crippen LogP contribution in [0.25, 0.3) is 0 Å². The molecule has 1 N–H and O–H groups in total. The summed E-state index contributed by atoms with van der Waals surface area (Å²) in [6, 6.07) is 21.4. The Morgan fingerprint density at radius 1 is 1.03 bits per heavy atom. The molecule has 2 aromatic carbocycles. The average Bonchev–Trinajstić information content (AvgIpc) is 3.46. The molecule has 3 aromatic rings. The van der Waals surface area contributed by atoms with Crippen LogP contribution in [0.2, 0.25) is 19.6 Å². The van der Waals surface area contributed by atoms with Crippen molar-refractivity contribution in [1.82, 2.24) is 20.3 Å². The number of nitrogens with zero attached hydrogens (tertiary/aromatic N) is 3. The molecule has 1 aromatic heterocycles. The fourth-order valence-electron chi connectivity index (χ4n) is 4.51. The number of hydrogen-bond donors (Lipinski definition) is 1. The summed E-state index contributed by atoms with van der Waals surface area (Å²) in [7, 11) is -1.92. The third-order valence-corrected chi connectivity index (χ3v) is 6.77. The Balaban J connectivity index is 1.63. The molecule has 32 heavy (non-hydrogen) atoms. The third-order valence-electron chi connectivity index (χ3n) is 5.83. The summed E-state index contributed by atoms with van der Waals surface area (Å²) in [5, 5.41) is 12.1. The molecule has 2 atom stereocenters. The van der Waals surface area contributed by atoms with Crippen LogP contribution in [0.3, 0.4) is 0 Å². The molecule has 0 saturated carbocycles. The van der Waals surface area contributed by atoms with Gasteiger partial charge in [-0.05, 0) is 44.1 Å². The highest BCUT2D eigenvalue weighted by atomic mass is 28.4. The van der Waals surface area contributed by atoms with Crippen LogP contribution in [0.5, 0.6) is 0 Å². The lowest BCUT2D eigenvalue weighted by Crippen LogP contribution is -2.53. The van der Waals surface area contributed by atoms with Crippen LogP contribution in [0.1, 0.15) is 30.2 Å². The molecule has 170 valence electrons. The van der Waals surface area contributed by atoms with Crippen LogP contribution in [0.4, 0.5) is 0 Å². The third kappa shape index (κ3) is 5.01. The van der Waals surface area contributed by atoms with E-state index in [0.717, 1.165) is 25.2 Å². The Bertz CT molecular complexity index is 948. The highest BCUT2D eigenvalue weighted by molar-refractivity contribution is 6.69. The van der Waals surface area contributed by atoms with Crippen molar-refractivity contribution in [2.24, 2.45) is 0 Å². The number of benzene rings is 2. The van der Waals surface area contributed by atoms with Gasteiger partial charge in [0.25, 0.3) is 0 Å². The molecule has 2 unspecified atom stereocenters. The largest absolute Gasteiger partial charge is 0.403 e. The maximum atomic E-state index is 7.11. The summed E-state index contributed by atoms with van der Waals surface area (Å²) in [6.45, 7) is 10.9. The van der Waals surface area contributed by atoms with E-state index in [0.29, 0.717) is 6.61 Å². The fraction of sp³-hybridized carbons (Fsp3) is 0.440. The second-order valence-electron chi connectivity index (χ2n) is 9.38. The number of aromatic nitrogens is 3. The van der Waals surface area contributed by atoms with Crippen LogP contribution in [0, 0.1) is 0 Å². The molecule has 1 saturated heterocycles.